The highest BCUT2D eigenvalue weighted by atomic mass is 35.5. The molecular formula is C20H23ClN2O2S. The molecule has 0 saturated heterocycles. The first-order valence-corrected chi connectivity index (χ1v) is 9.23. The van der Waals surface area contributed by atoms with Crippen molar-refractivity contribution in [3.63, 3.8) is 0 Å². The molecule has 0 bridgehead atoms. The number of aromatic nitrogens is 1. The average Bonchev–Trinajstić information content (AvgIpc) is 3.16. The van der Waals surface area contributed by atoms with E-state index in [0.29, 0.717) is 6.54 Å². The summed E-state index contributed by atoms with van der Waals surface area (Å²) in [5.41, 5.74) is 2.99. The number of thiophene rings is 1. The van der Waals surface area contributed by atoms with Gasteiger partial charge in [-0.25, -0.2) is 0 Å². The Morgan fingerprint density at radius 1 is 1.08 bits per heavy atom. The molecule has 26 heavy (non-hydrogen) atoms. The summed E-state index contributed by atoms with van der Waals surface area (Å²) in [6.45, 7) is 2.22. The van der Waals surface area contributed by atoms with Crippen LogP contribution in [0.15, 0.2) is 42.5 Å². The third-order valence-corrected chi connectivity index (χ3v) is 6.18. The van der Waals surface area contributed by atoms with Crippen LogP contribution in [0.25, 0.3) is 31.2 Å². The molecule has 2 aromatic heterocycles. The van der Waals surface area contributed by atoms with E-state index < -0.39 is 5.54 Å². The van der Waals surface area contributed by atoms with Gasteiger partial charge in [0.2, 0.25) is 0 Å². The van der Waals surface area contributed by atoms with E-state index in [4.69, 9.17) is 0 Å². The molecule has 0 aliphatic rings. The van der Waals surface area contributed by atoms with Crippen LogP contribution in [-0.2, 0) is 13.6 Å². The molecule has 2 aromatic carbocycles. The summed E-state index contributed by atoms with van der Waals surface area (Å²) in [5, 5.41) is 24.7. The summed E-state index contributed by atoms with van der Waals surface area (Å²) in [6, 6.07) is 15.0. The van der Waals surface area contributed by atoms with Gasteiger partial charge in [0, 0.05) is 34.6 Å². The quantitative estimate of drug-likeness (QED) is 0.485. The number of aryl methyl sites for hydroxylation is 1. The van der Waals surface area contributed by atoms with Gasteiger partial charge in [-0.3, -0.25) is 0 Å². The molecule has 4 rings (SSSR count). The summed E-state index contributed by atoms with van der Waals surface area (Å²) in [5.74, 6) is 0. The van der Waals surface area contributed by atoms with E-state index in [-0.39, 0.29) is 25.6 Å². The fourth-order valence-corrected chi connectivity index (χ4v) is 4.57. The Hall–Kier alpha value is -1.63. The fraction of sp³-hybridized carbons (Fsp3) is 0.300. The van der Waals surface area contributed by atoms with Crippen molar-refractivity contribution in [2.45, 2.75) is 19.0 Å². The molecular weight excluding hydrogens is 368 g/mol. The highest BCUT2D eigenvalue weighted by Crippen LogP contribution is 2.40. The second-order valence-electron chi connectivity index (χ2n) is 6.92. The molecule has 0 radical (unpaired) electrons. The predicted molar refractivity (Wildman–Crippen MR) is 112 cm³/mol. The van der Waals surface area contributed by atoms with Crippen LogP contribution < -0.4 is 5.32 Å². The lowest BCUT2D eigenvalue weighted by molar-refractivity contribution is 0.103. The maximum absolute atomic E-state index is 9.44. The molecule has 0 aliphatic carbocycles. The summed E-state index contributed by atoms with van der Waals surface area (Å²) in [4.78, 5) is 0. The SMILES string of the molecule is Cl.Cn1c2ccc(CNC(C)(CO)CO)cc2c2sc3ccccc3c21. The van der Waals surface area contributed by atoms with Crippen molar-refractivity contribution < 1.29 is 10.2 Å². The molecule has 0 atom stereocenters. The van der Waals surface area contributed by atoms with E-state index in [9.17, 15) is 10.2 Å². The molecule has 0 amide bonds. The summed E-state index contributed by atoms with van der Waals surface area (Å²) < 4.78 is 4.89. The standard InChI is InChI=1S/C20H22N2O2S.ClH/c1-20(11-23,12-24)21-10-13-7-8-16-15(9-13)19-18(22(16)2)14-5-3-4-6-17(14)25-19;/h3-9,21,23-24H,10-12H2,1-2H3;1H. The first-order chi connectivity index (χ1) is 12.1. The number of aliphatic hydroxyl groups excluding tert-OH is 2. The Bertz CT molecular complexity index is 1070. The van der Waals surface area contributed by atoms with Gasteiger partial charge in [0.25, 0.3) is 0 Å². The lowest BCUT2D eigenvalue weighted by atomic mass is 10.0. The Morgan fingerprint density at radius 2 is 1.81 bits per heavy atom. The monoisotopic (exact) mass is 390 g/mol. The van der Waals surface area contributed by atoms with E-state index >= 15 is 0 Å². The molecule has 0 spiro atoms. The molecule has 4 nitrogen and oxygen atoms in total. The van der Waals surface area contributed by atoms with Crippen molar-refractivity contribution in [2.75, 3.05) is 13.2 Å². The van der Waals surface area contributed by atoms with Crippen LogP contribution in [-0.4, -0.2) is 33.5 Å². The first kappa shape index (κ1) is 19.1. The van der Waals surface area contributed by atoms with Gasteiger partial charge in [0.1, 0.15) is 0 Å². The van der Waals surface area contributed by atoms with Gasteiger partial charge in [0.15, 0.2) is 0 Å². The molecule has 0 fully saturated rings. The minimum absolute atomic E-state index is 0. The average molecular weight is 391 g/mol. The fourth-order valence-electron chi connectivity index (χ4n) is 3.31. The predicted octanol–water partition coefficient (Wildman–Crippen LogP) is 3.80. The number of benzene rings is 2. The Kier molecular flexibility index (Phi) is 5.28. The van der Waals surface area contributed by atoms with Crippen molar-refractivity contribution in [1.82, 2.24) is 9.88 Å². The second-order valence-corrected chi connectivity index (χ2v) is 7.97. The van der Waals surface area contributed by atoms with Gasteiger partial charge in [-0.15, -0.1) is 23.7 Å². The van der Waals surface area contributed by atoms with Gasteiger partial charge in [-0.1, -0.05) is 24.3 Å². The lowest BCUT2D eigenvalue weighted by Crippen LogP contribution is -2.48. The smallest absolute Gasteiger partial charge is 0.0678 e. The van der Waals surface area contributed by atoms with Gasteiger partial charge in [-0.2, -0.15) is 0 Å². The van der Waals surface area contributed by atoms with Gasteiger partial charge in [0.05, 0.1) is 29.0 Å². The van der Waals surface area contributed by atoms with Gasteiger partial charge in [-0.05, 0) is 30.7 Å². The van der Waals surface area contributed by atoms with E-state index in [1.807, 2.05) is 18.3 Å². The maximum Gasteiger partial charge on any atom is 0.0678 e. The largest absolute Gasteiger partial charge is 0.394 e. The Balaban J connectivity index is 0.00000196. The zero-order valence-electron chi connectivity index (χ0n) is 14.8. The van der Waals surface area contributed by atoms with Crippen LogP contribution in [0.4, 0.5) is 0 Å². The zero-order valence-corrected chi connectivity index (χ0v) is 16.5. The van der Waals surface area contributed by atoms with E-state index in [1.165, 1.54) is 31.2 Å². The van der Waals surface area contributed by atoms with E-state index in [1.54, 1.807) is 0 Å². The second kappa shape index (κ2) is 7.18. The van der Waals surface area contributed by atoms with E-state index in [0.717, 1.165) is 5.56 Å². The van der Waals surface area contributed by atoms with Crippen LogP contribution in [0.3, 0.4) is 0 Å². The minimum atomic E-state index is -0.668. The molecule has 0 unspecified atom stereocenters. The number of nitrogens with zero attached hydrogens (tertiary/aromatic N) is 1. The number of rotatable bonds is 5. The normalized spacial score (nSPS) is 12.2. The van der Waals surface area contributed by atoms with Crippen LogP contribution >= 0.6 is 23.7 Å². The number of fused-ring (bicyclic) bond motifs is 5. The maximum atomic E-state index is 9.44. The van der Waals surface area contributed by atoms with Crippen molar-refractivity contribution in [2.24, 2.45) is 7.05 Å². The number of hydrogen-bond donors (Lipinski definition) is 3. The van der Waals surface area contributed by atoms with Crippen molar-refractivity contribution >= 4 is 54.9 Å². The molecule has 3 N–H and O–H groups in total. The molecule has 4 aromatic rings. The topological polar surface area (TPSA) is 57.4 Å². The van der Waals surface area contributed by atoms with Crippen LogP contribution in [0.1, 0.15) is 12.5 Å². The first-order valence-electron chi connectivity index (χ1n) is 8.41. The Morgan fingerprint density at radius 3 is 2.54 bits per heavy atom. The van der Waals surface area contributed by atoms with Crippen LogP contribution in [0, 0.1) is 0 Å². The third kappa shape index (κ3) is 3.00. The summed E-state index contributed by atoms with van der Waals surface area (Å²) in [7, 11) is 2.12. The Labute approximate surface area is 162 Å². The lowest BCUT2D eigenvalue weighted by Gasteiger charge is -2.26. The molecule has 0 saturated carbocycles. The minimum Gasteiger partial charge on any atom is -0.394 e. The number of nitrogens with one attached hydrogen (secondary N) is 1. The summed E-state index contributed by atoms with van der Waals surface area (Å²) >= 11 is 1.83. The molecule has 2 heterocycles. The van der Waals surface area contributed by atoms with Gasteiger partial charge < -0.3 is 20.1 Å². The van der Waals surface area contributed by atoms with Gasteiger partial charge >= 0.3 is 0 Å². The molecule has 6 heteroatoms. The zero-order chi connectivity index (χ0) is 17.6. The van der Waals surface area contributed by atoms with Crippen molar-refractivity contribution in [3.05, 3.63) is 48.0 Å². The van der Waals surface area contributed by atoms with Crippen molar-refractivity contribution in [1.29, 1.82) is 0 Å². The highest BCUT2D eigenvalue weighted by molar-refractivity contribution is 7.26. The molecule has 0 aliphatic heterocycles. The van der Waals surface area contributed by atoms with Crippen LogP contribution in [0.5, 0.6) is 0 Å². The number of hydrogen-bond acceptors (Lipinski definition) is 4. The summed E-state index contributed by atoms with van der Waals surface area (Å²) in [6.07, 6.45) is 0. The third-order valence-electron chi connectivity index (χ3n) is 4.99. The highest BCUT2D eigenvalue weighted by Gasteiger charge is 2.21. The number of aliphatic hydroxyl groups is 2. The van der Waals surface area contributed by atoms with Crippen molar-refractivity contribution in [3.8, 4) is 0 Å². The molecule has 138 valence electrons. The van der Waals surface area contributed by atoms with Crippen LogP contribution in [0.2, 0.25) is 0 Å². The van der Waals surface area contributed by atoms with E-state index in [2.05, 4.69) is 59.4 Å². The number of halogens is 1.